The Morgan fingerprint density at radius 2 is 1.62 bits per heavy atom. The Balaban J connectivity index is 1.51. The number of sulfonamides is 1. The maximum absolute atomic E-state index is 12.9. The van der Waals surface area contributed by atoms with Crippen LogP contribution in [0.5, 0.6) is 0 Å². The standard InChI is InChI=1S/C20H22FN3O4S/c21-17-5-1-14(2-6-17)13-23-19(25)15-9-11-24(12-10-15)20(26)16-3-7-18(8-4-16)29(22,27)28/h1-8,15H,9-13H2,(H,23,25)(H2,22,27,28). The van der Waals surface area contributed by atoms with Gasteiger partial charge in [0.15, 0.2) is 0 Å². The van der Waals surface area contributed by atoms with Crippen LogP contribution >= 0.6 is 0 Å². The summed E-state index contributed by atoms with van der Waals surface area (Å²) < 4.78 is 35.5. The summed E-state index contributed by atoms with van der Waals surface area (Å²) in [7, 11) is -3.80. The van der Waals surface area contributed by atoms with E-state index in [2.05, 4.69) is 5.32 Å². The summed E-state index contributed by atoms with van der Waals surface area (Å²) in [5.41, 5.74) is 1.19. The number of nitrogens with zero attached hydrogens (tertiary/aromatic N) is 1. The van der Waals surface area contributed by atoms with Crippen LogP contribution in [-0.4, -0.2) is 38.2 Å². The number of rotatable bonds is 5. The molecule has 1 aliphatic rings. The quantitative estimate of drug-likeness (QED) is 0.768. The molecule has 0 spiro atoms. The van der Waals surface area contributed by atoms with Gasteiger partial charge in [-0.3, -0.25) is 9.59 Å². The van der Waals surface area contributed by atoms with Crippen LogP contribution in [0.25, 0.3) is 0 Å². The minimum Gasteiger partial charge on any atom is -0.352 e. The zero-order valence-electron chi connectivity index (χ0n) is 15.7. The van der Waals surface area contributed by atoms with E-state index in [9.17, 15) is 22.4 Å². The van der Waals surface area contributed by atoms with E-state index in [1.54, 1.807) is 17.0 Å². The van der Waals surface area contributed by atoms with E-state index >= 15 is 0 Å². The molecule has 0 aliphatic carbocycles. The predicted octanol–water partition coefficient (Wildman–Crippen LogP) is 1.64. The Morgan fingerprint density at radius 3 is 2.17 bits per heavy atom. The molecule has 9 heteroatoms. The number of amides is 2. The van der Waals surface area contributed by atoms with Gasteiger partial charge in [0.05, 0.1) is 4.90 Å². The summed E-state index contributed by atoms with van der Waals surface area (Å²) in [6.45, 7) is 1.20. The molecule has 3 N–H and O–H groups in total. The summed E-state index contributed by atoms with van der Waals surface area (Å²) in [5.74, 6) is -0.810. The molecule has 7 nitrogen and oxygen atoms in total. The maximum atomic E-state index is 12.9. The molecule has 0 bridgehead atoms. The average molecular weight is 419 g/mol. The summed E-state index contributed by atoms with van der Waals surface area (Å²) >= 11 is 0. The highest BCUT2D eigenvalue weighted by molar-refractivity contribution is 7.89. The van der Waals surface area contributed by atoms with Crippen molar-refractivity contribution < 1.29 is 22.4 Å². The molecule has 0 aromatic heterocycles. The van der Waals surface area contributed by atoms with Gasteiger partial charge in [0.2, 0.25) is 15.9 Å². The Bertz CT molecular complexity index is 983. The van der Waals surface area contributed by atoms with Crippen molar-refractivity contribution >= 4 is 21.8 Å². The molecule has 0 radical (unpaired) electrons. The third-order valence-corrected chi connectivity index (χ3v) is 5.89. The third kappa shape index (κ3) is 5.39. The number of likely N-dealkylation sites (tertiary alicyclic amines) is 1. The number of halogens is 1. The molecule has 29 heavy (non-hydrogen) atoms. The number of carbonyl (C=O) groups excluding carboxylic acids is 2. The molecule has 1 aliphatic heterocycles. The van der Waals surface area contributed by atoms with Crippen molar-refractivity contribution in [2.24, 2.45) is 11.1 Å². The first-order valence-corrected chi connectivity index (χ1v) is 10.7. The van der Waals surface area contributed by atoms with Gasteiger partial charge < -0.3 is 10.2 Å². The number of nitrogens with one attached hydrogen (secondary N) is 1. The third-order valence-electron chi connectivity index (χ3n) is 4.96. The Morgan fingerprint density at radius 1 is 1.03 bits per heavy atom. The fourth-order valence-corrected chi connectivity index (χ4v) is 3.77. The van der Waals surface area contributed by atoms with Crippen molar-refractivity contribution in [1.82, 2.24) is 10.2 Å². The van der Waals surface area contributed by atoms with E-state index in [4.69, 9.17) is 5.14 Å². The monoisotopic (exact) mass is 419 g/mol. The molecule has 0 unspecified atom stereocenters. The van der Waals surface area contributed by atoms with E-state index in [0.29, 0.717) is 38.0 Å². The van der Waals surface area contributed by atoms with Gasteiger partial charge in [-0.1, -0.05) is 12.1 Å². The van der Waals surface area contributed by atoms with Gasteiger partial charge in [-0.25, -0.2) is 17.9 Å². The van der Waals surface area contributed by atoms with E-state index in [1.165, 1.54) is 36.4 Å². The number of hydrogen-bond donors (Lipinski definition) is 2. The molecule has 2 aromatic rings. The molecule has 0 saturated carbocycles. The lowest BCUT2D eigenvalue weighted by atomic mass is 9.95. The number of hydrogen-bond acceptors (Lipinski definition) is 4. The molecule has 2 amide bonds. The van der Waals surface area contributed by atoms with Crippen LogP contribution in [0.1, 0.15) is 28.8 Å². The first-order chi connectivity index (χ1) is 13.7. The second-order valence-electron chi connectivity index (χ2n) is 6.98. The van der Waals surface area contributed by atoms with Crippen molar-refractivity contribution in [3.63, 3.8) is 0 Å². The van der Waals surface area contributed by atoms with Crippen LogP contribution < -0.4 is 10.5 Å². The minimum absolute atomic E-state index is 0.0504. The zero-order valence-corrected chi connectivity index (χ0v) is 16.5. The molecule has 2 aromatic carbocycles. The number of piperidine rings is 1. The number of benzene rings is 2. The number of carbonyl (C=O) groups is 2. The highest BCUT2D eigenvalue weighted by Gasteiger charge is 2.27. The molecular weight excluding hydrogens is 397 g/mol. The second-order valence-corrected chi connectivity index (χ2v) is 8.54. The zero-order chi connectivity index (χ0) is 21.0. The fourth-order valence-electron chi connectivity index (χ4n) is 3.25. The van der Waals surface area contributed by atoms with Crippen LogP contribution in [0.3, 0.4) is 0 Å². The smallest absolute Gasteiger partial charge is 0.253 e. The molecule has 3 rings (SSSR count). The lowest BCUT2D eigenvalue weighted by Crippen LogP contribution is -2.42. The fraction of sp³-hybridized carbons (Fsp3) is 0.300. The highest BCUT2D eigenvalue weighted by atomic mass is 32.2. The van der Waals surface area contributed by atoms with Gasteiger partial charge in [0.25, 0.3) is 5.91 Å². The molecule has 1 heterocycles. The lowest BCUT2D eigenvalue weighted by molar-refractivity contribution is -0.126. The van der Waals surface area contributed by atoms with Gasteiger partial charge in [0, 0.05) is 31.1 Å². The first-order valence-electron chi connectivity index (χ1n) is 9.18. The largest absolute Gasteiger partial charge is 0.352 e. The van der Waals surface area contributed by atoms with Gasteiger partial charge in [-0.2, -0.15) is 0 Å². The topological polar surface area (TPSA) is 110 Å². The highest BCUT2D eigenvalue weighted by Crippen LogP contribution is 2.20. The summed E-state index contributed by atoms with van der Waals surface area (Å²) in [6, 6.07) is 11.4. The van der Waals surface area contributed by atoms with E-state index in [0.717, 1.165) is 5.56 Å². The molecule has 0 atom stereocenters. The van der Waals surface area contributed by atoms with E-state index in [1.807, 2.05) is 0 Å². The average Bonchev–Trinajstić information content (AvgIpc) is 2.72. The van der Waals surface area contributed by atoms with Gasteiger partial charge in [0.1, 0.15) is 5.82 Å². The van der Waals surface area contributed by atoms with Crippen LogP contribution in [-0.2, 0) is 21.4 Å². The summed E-state index contributed by atoms with van der Waals surface area (Å²) in [6.07, 6.45) is 1.08. The van der Waals surface area contributed by atoms with Gasteiger partial charge in [-0.15, -0.1) is 0 Å². The lowest BCUT2D eigenvalue weighted by Gasteiger charge is -2.31. The summed E-state index contributed by atoms with van der Waals surface area (Å²) in [4.78, 5) is 26.5. The van der Waals surface area contributed by atoms with Crippen molar-refractivity contribution in [3.8, 4) is 0 Å². The van der Waals surface area contributed by atoms with Gasteiger partial charge >= 0.3 is 0 Å². The number of primary sulfonamides is 1. The Kier molecular flexibility index (Phi) is 6.29. The Labute approximate surface area is 168 Å². The maximum Gasteiger partial charge on any atom is 0.253 e. The Hall–Kier alpha value is -2.78. The first kappa shape index (κ1) is 20.9. The second kappa shape index (κ2) is 8.71. The molecular formula is C20H22FN3O4S. The summed E-state index contributed by atoms with van der Waals surface area (Å²) in [5, 5.41) is 7.91. The normalized spacial score (nSPS) is 15.2. The molecule has 1 saturated heterocycles. The van der Waals surface area contributed by atoms with Crippen molar-refractivity contribution in [2.45, 2.75) is 24.3 Å². The van der Waals surface area contributed by atoms with Crippen molar-refractivity contribution in [2.75, 3.05) is 13.1 Å². The van der Waals surface area contributed by atoms with Crippen LogP contribution in [0.2, 0.25) is 0 Å². The van der Waals surface area contributed by atoms with Crippen molar-refractivity contribution in [1.29, 1.82) is 0 Å². The van der Waals surface area contributed by atoms with Crippen LogP contribution in [0, 0.1) is 11.7 Å². The molecule has 154 valence electrons. The molecule has 1 fully saturated rings. The van der Waals surface area contributed by atoms with Gasteiger partial charge in [-0.05, 0) is 54.8 Å². The SMILES string of the molecule is NS(=O)(=O)c1ccc(C(=O)N2CCC(C(=O)NCc3ccc(F)cc3)CC2)cc1. The van der Waals surface area contributed by atoms with Crippen molar-refractivity contribution in [3.05, 3.63) is 65.5 Å². The van der Waals surface area contributed by atoms with E-state index in [-0.39, 0.29) is 28.4 Å². The predicted molar refractivity (Wildman–Crippen MR) is 105 cm³/mol. The van der Waals surface area contributed by atoms with Crippen LogP contribution in [0.4, 0.5) is 4.39 Å². The minimum atomic E-state index is -3.80. The van der Waals surface area contributed by atoms with E-state index < -0.39 is 10.0 Å². The van der Waals surface area contributed by atoms with Crippen LogP contribution in [0.15, 0.2) is 53.4 Å². The number of nitrogens with two attached hydrogens (primary N) is 1.